The zero-order valence-corrected chi connectivity index (χ0v) is 31.0. The van der Waals surface area contributed by atoms with Gasteiger partial charge in [-0.25, -0.2) is 0 Å². The molecule has 0 saturated carbocycles. The van der Waals surface area contributed by atoms with Gasteiger partial charge in [0, 0.05) is 29.3 Å². The van der Waals surface area contributed by atoms with Crippen molar-refractivity contribution >= 4 is 38.6 Å². The molecule has 0 amide bonds. The third kappa shape index (κ3) is 5.43. The van der Waals surface area contributed by atoms with Crippen molar-refractivity contribution < 1.29 is 0 Å². The van der Waals surface area contributed by atoms with Crippen LogP contribution >= 0.6 is 0 Å². The molecule has 2 aromatic heterocycles. The van der Waals surface area contributed by atoms with E-state index < -0.39 is 0 Å². The largest absolute Gasteiger partial charge is 0.309 e. The molecule has 8 aromatic carbocycles. The first-order chi connectivity index (χ1) is 28.3. The zero-order chi connectivity index (χ0) is 37.7. The van der Waals surface area contributed by atoms with Gasteiger partial charge in [-0.1, -0.05) is 146 Å². The third-order valence-corrected chi connectivity index (χ3v) is 11.3. The summed E-state index contributed by atoms with van der Waals surface area (Å²) >= 11 is 0. The Balaban J connectivity index is 1.11. The first-order valence-electron chi connectivity index (χ1n) is 19.4. The topological polar surface area (TPSA) is 29.0 Å². The third-order valence-electron chi connectivity index (χ3n) is 11.3. The summed E-state index contributed by atoms with van der Waals surface area (Å²) in [5.41, 5.74) is 17.6. The molecule has 1 aliphatic rings. The summed E-state index contributed by atoms with van der Waals surface area (Å²) in [6.45, 7) is 0. The molecule has 0 saturated heterocycles. The Bertz CT molecular complexity index is 3000. The molecule has 0 atom stereocenters. The van der Waals surface area contributed by atoms with Crippen molar-refractivity contribution in [1.29, 1.82) is 0 Å². The van der Waals surface area contributed by atoms with Gasteiger partial charge in [0.25, 0.3) is 0 Å². The molecule has 3 nitrogen and oxygen atoms in total. The first-order valence-corrected chi connectivity index (χ1v) is 19.4. The van der Waals surface area contributed by atoms with E-state index >= 15 is 0 Å². The van der Waals surface area contributed by atoms with Gasteiger partial charge in [-0.2, -0.15) is 0 Å². The molecule has 11 rings (SSSR count). The second kappa shape index (κ2) is 13.6. The van der Waals surface area contributed by atoms with E-state index in [0.717, 1.165) is 33.9 Å². The van der Waals surface area contributed by atoms with Crippen molar-refractivity contribution in [3.05, 3.63) is 213 Å². The van der Waals surface area contributed by atoms with Crippen LogP contribution in [0.15, 0.2) is 213 Å². The standard InChI is InChI=1S/C54H35N3/c1-4-14-37(15-5-1)50-45-22-10-11-23-46(45)51(38-16-6-2-7-17-38)54-48-28-27-43(44-24-13-25-47(52(44)48)53(50)54)39-18-12-21-41(34-39)57(40-19-8-3-9-20-40)42-26-29-49(56-35-42)36-30-32-55-33-31-36/h1-35H. The van der Waals surface area contributed by atoms with E-state index in [1.54, 1.807) is 12.4 Å². The van der Waals surface area contributed by atoms with Crippen LogP contribution < -0.4 is 4.90 Å². The fourth-order valence-electron chi connectivity index (χ4n) is 8.91. The lowest BCUT2D eigenvalue weighted by Gasteiger charge is -2.26. The molecule has 0 radical (unpaired) electrons. The molecule has 0 spiro atoms. The number of nitrogens with zero attached hydrogens (tertiary/aromatic N) is 3. The van der Waals surface area contributed by atoms with E-state index in [1.807, 2.05) is 18.3 Å². The van der Waals surface area contributed by atoms with Gasteiger partial charge >= 0.3 is 0 Å². The minimum absolute atomic E-state index is 0.913. The average Bonchev–Trinajstić information content (AvgIpc) is 3.62. The molecule has 3 heteroatoms. The highest BCUT2D eigenvalue weighted by Crippen LogP contribution is 2.58. The zero-order valence-electron chi connectivity index (χ0n) is 31.0. The number of benzene rings is 8. The predicted octanol–water partition coefficient (Wildman–Crippen LogP) is 14.6. The van der Waals surface area contributed by atoms with E-state index in [-0.39, 0.29) is 0 Å². The summed E-state index contributed by atoms with van der Waals surface area (Å²) in [6, 6.07) is 70.0. The normalized spacial score (nSPS) is 11.5. The summed E-state index contributed by atoms with van der Waals surface area (Å²) < 4.78 is 0. The average molecular weight is 726 g/mol. The van der Waals surface area contributed by atoms with Crippen LogP contribution in [0.25, 0.3) is 88.4 Å². The Labute approximate surface area is 331 Å². The summed E-state index contributed by atoms with van der Waals surface area (Å²) in [5.74, 6) is 0. The van der Waals surface area contributed by atoms with Crippen molar-refractivity contribution in [1.82, 2.24) is 9.97 Å². The fourth-order valence-corrected chi connectivity index (χ4v) is 8.91. The monoisotopic (exact) mass is 725 g/mol. The van der Waals surface area contributed by atoms with Gasteiger partial charge in [0.15, 0.2) is 0 Å². The second-order valence-electron chi connectivity index (χ2n) is 14.5. The lowest BCUT2D eigenvalue weighted by molar-refractivity contribution is 1.23. The highest BCUT2D eigenvalue weighted by atomic mass is 15.1. The van der Waals surface area contributed by atoms with Gasteiger partial charge in [0.1, 0.15) is 0 Å². The van der Waals surface area contributed by atoms with Gasteiger partial charge in [-0.3, -0.25) is 9.97 Å². The Morgan fingerprint density at radius 1 is 0.333 bits per heavy atom. The molecule has 0 bridgehead atoms. The van der Waals surface area contributed by atoms with Crippen LogP contribution in [-0.2, 0) is 0 Å². The Hall–Kier alpha value is -7.62. The SMILES string of the molecule is c1ccc(-c2c3c(c(-c4ccccc4)c4ccccc24)-c2ccc(-c4cccc(N(c5ccccc5)c5ccc(-c6ccncc6)nc5)c4)c4cccc-3c24)cc1. The van der Waals surface area contributed by atoms with Crippen molar-refractivity contribution in [3.8, 4) is 66.9 Å². The van der Waals surface area contributed by atoms with Gasteiger partial charge < -0.3 is 4.90 Å². The van der Waals surface area contributed by atoms with Crippen LogP contribution in [0.4, 0.5) is 17.1 Å². The van der Waals surface area contributed by atoms with E-state index in [2.05, 4.69) is 192 Å². The second-order valence-corrected chi connectivity index (χ2v) is 14.5. The molecule has 0 fully saturated rings. The molecule has 1 aliphatic carbocycles. The van der Waals surface area contributed by atoms with Crippen LogP contribution in [0.1, 0.15) is 0 Å². The van der Waals surface area contributed by atoms with Crippen molar-refractivity contribution in [3.63, 3.8) is 0 Å². The number of hydrogen-bond acceptors (Lipinski definition) is 3. The molecule has 2 heterocycles. The van der Waals surface area contributed by atoms with E-state index in [9.17, 15) is 0 Å². The molecule has 10 aromatic rings. The number of rotatable bonds is 7. The smallest absolute Gasteiger partial charge is 0.0704 e. The number of fused-ring (bicyclic) bond motifs is 4. The van der Waals surface area contributed by atoms with Crippen LogP contribution in [0.3, 0.4) is 0 Å². The lowest BCUT2D eigenvalue weighted by atomic mass is 9.82. The highest BCUT2D eigenvalue weighted by Gasteiger charge is 2.31. The molecule has 57 heavy (non-hydrogen) atoms. The van der Waals surface area contributed by atoms with Crippen molar-refractivity contribution in [2.45, 2.75) is 0 Å². The number of anilines is 3. The molecule has 266 valence electrons. The minimum atomic E-state index is 0.913. The Morgan fingerprint density at radius 3 is 1.53 bits per heavy atom. The molecular formula is C54H35N3. The maximum Gasteiger partial charge on any atom is 0.0704 e. The predicted molar refractivity (Wildman–Crippen MR) is 238 cm³/mol. The highest BCUT2D eigenvalue weighted by molar-refractivity contribution is 6.28. The number of hydrogen-bond donors (Lipinski definition) is 0. The number of para-hydroxylation sites is 1. The quantitative estimate of drug-likeness (QED) is 0.164. The van der Waals surface area contributed by atoms with E-state index in [0.29, 0.717) is 0 Å². The molecule has 0 N–H and O–H groups in total. The summed E-state index contributed by atoms with van der Waals surface area (Å²) in [4.78, 5) is 11.4. The van der Waals surface area contributed by atoms with Gasteiger partial charge in [-0.05, 0) is 126 Å². The Morgan fingerprint density at radius 2 is 0.877 bits per heavy atom. The maximum absolute atomic E-state index is 4.90. The number of aromatic nitrogens is 2. The summed E-state index contributed by atoms with van der Waals surface area (Å²) in [6.07, 6.45) is 5.57. The maximum atomic E-state index is 4.90. The van der Waals surface area contributed by atoms with Crippen molar-refractivity contribution in [2.75, 3.05) is 4.90 Å². The molecule has 0 unspecified atom stereocenters. The van der Waals surface area contributed by atoms with Gasteiger partial charge in [0.05, 0.1) is 17.6 Å². The van der Waals surface area contributed by atoms with E-state index in [1.165, 1.54) is 71.6 Å². The van der Waals surface area contributed by atoms with Crippen LogP contribution in [-0.4, -0.2) is 9.97 Å². The fraction of sp³-hybridized carbons (Fsp3) is 0. The lowest BCUT2D eigenvalue weighted by Crippen LogP contribution is -2.10. The minimum Gasteiger partial charge on any atom is -0.309 e. The summed E-state index contributed by atoms with van der Waals surface area (Å²) in [5, 5.41) is 5.08. The van der Waals surface area contributed by atoms with Crippen LogP contribution in [0.2, 0.25) is 0 Å². The van der Waals surface area contributed by atoms with E-state index in [4.69, 9.17) is 4.98 Å². The van der Waals surface area contributed by atoms with Gasteiger partial charge in [0.2, 0.25) is 0 Å². The first kappa shape index (κ1) is 32.8. The number of pyridine rings is 2. The van der Waals surface area contributed by atoms with Crippen LogP contribution in [0, 0.1) is 0 Å². The van der Waals surface area contributed by atoms with Crippen molar-refractivity contribution in [2.24, 2.45) is 0 Å². The molecule has 0 aliphatic heterocycles. The van der Waals surface area contributed by atoms with Crippen LogP contribution in [0.5, 0.6) is 0 Å². The molecular weight excluding hydrogens is 691 g/mol. The van der Waals surface area contributed by atoms with Gasteiger partial charge in [-0.15, -0.1) is 0 Å². The Kier molecular flexibility index (Phi) is 7.82. The summed E-state index contributed by atoms with van der Waals surface area (Å²) in [7, 11) is 0.